The number of aromatic nitrogens is 4. The van der Waals surface area contributed by atoms with E-state index in [9.17, 15) is 0 Å². The number of pyridine rings is 1. The Morgan fingerprint density at radius 3 is 2.76 bits per heavy atom. The van der Waals surface area contributed by atoms with Gasteiger partial charge in [0.2, 0.25) is 5.95 Å². The van der Waals surface area contributed by atoms with Gasteiger partial charge in [-0.15, -0.1) is 5.10 Å². The van der Waals surface area contributed by atoms with Crippen LogP contribution in [0.2, 0.25) is 0 Å². The summed E-state index contributed by atoms with van der Waals surface area (Å²) >= 11 is 0. The topological polar surface area (TPSA) is 123 Å². The number of nitrogen functional groups attached to an aromatic ring is 1. The van der Waals surface area contributed by atoms with Crippen LogP contribution in [0, 0.1) is 13.8 Å². The highest BCUT2D eigenvalue weighted by molar-refractivity contribution is 5.83. The van der Waals surface area contributed by atoms with Crippen molar-refractivity contribution in [3.63, 3.8) is 0 Å². The Hall–Kier alpha value is -4.27. The Kier molecular flexibility index (Phi) is 5.43. The zero-order valence-electron chi connectivity index (χ0n) is 18.5. The van der Waals surface area contributed by atoms with Gasteiger partial charge in [0.25, 0.3) is 0 Å². The molecule has 9 nitrogen and oxygen atoms in total. The number of nitrogens with one attached hydrogen (secondary N) is 3. The predicted molar refractivity (Wildman–Crippen MR) is 128 cm³/mol. The number of anilines is 4. The Morgan fingerprint density at radius 1 is 1.09 bits per heavy atom. The van der Waals surface area contributed by atoms with Crippen LogP contribution in [0.5, 0.6) is 11.5 Å². The molecule has 0 saturated heterocycles. The largest absolute Gasteiger partial charge is 0.486 e. The Bertz CT molecular complexity index is 1290. The number of benzene rings is 2. The summed E-state index contributed by atoms with van der Waals surface area (Å²) in [6, 6.07) is 11.6. The molecule has 1 aliphatic heterocycles. The molecule has 0 fully saturated rings. The molecular formula is C24H25N7O2. The fraction of sp³-hybridized carbons (Fsp3) is 0.208. The Labute approximate surface area is 191 Å². The lowest BCUT2D eigenvalue weighted by Gasteiger charge is -2.18. The summed E-state index contributed by atoms with van der Waals surface area (Å²) in [5.41, 5.74) is 12.7. The summed E-state index contributed by atoms with van der Waals surface area (Å²) < 4.78 is 11.2. The van der Waals surface area contributed by atoms with Gasteiger partial charge in [-0.05, 0) is 54.8 Å². The number of hydrogen-bond donors (Lipinski definition) is 4. The fourth-order valence-corrected chi connectivity index (χ4v) is 3.79. The van der Waals surface area contributed by atoms with Crippen LogP contribution < -0.4 is 25.8 Å². The van der Waals surface area contributed by atoms with Gasteiger partial charge in [0, 0.05) is 41.9 Å². The minimum atomic E-state index is 0.451. The molecule has 168 valence electrons. The lowest BCUT2D eigenvalue weighted by atomic mass is 10.0. The highest BCUT2D eigenvalue weighted by Crippen LogP contribution is 2.36. The zero-order valence-corrected chi connectivity index (χ0v) is 18.5. The number of ether oxygens (including phenoxy) is 2. The van der Waals surface area contributed by atoms with Crippen LogP contribution in [0.4, 0.5) is 23.0 Å². The Morgan fingerprint density at radius 2 is 1.94 bits per heavy atom. The molecule has 0 spiro atoms. The molecule has 5 rings (SSSR count). The lowest BCUT2D eigenvalue weighted by molar-refractivity contribution is 0.171. The van der Waals surface area contributed by atoms with Gasteiger partial charge in [-0.25, -0.2) is 0 Å². The van der Waals surface area contributed by atoms with Gasteiger partial charge >= 0.3 is 0 Å². The molecule has 0 unspecified atom stereocenters. The van der Waals surface area contributed by atoms with Gasteiger partial charge in [-0.2, -0.15) is 4.98 Å². The molecule has 3 heterocycles. The molecule has 9 heteroatoms. The van der Waals surface area contributed by atoms with Crippen molar-refractivity contribution in [3.8, 4) is 22.9 Å². The summed E-state index contributed by atoms with van der Waals surface area (Å²) in [5.74, 6) is 2.52. The molecule has 0 amide bonds. The normalized spacial score (nSPS) is 12.4. The van der Waals surface area contributed by atoms with Gasteiger partial charge in [-0.3, -0.25) is 10.1 Å². The molecule has 1 aliphatic rings. The van der Waals surface area contributed by atoms with Gasteiger partial charge < -0.3 is 25.8 Å². The molecule has 0 saturated carbocycles. The van der Waals surface area contributed by atoms with E-state index in [-0.39, 0.29) is 0 Å². The summed E-state index contributed by atoms with van der Waals surface area (Å²) in [7, 11) is 0. The van der Waals surface area contributed by atoms with Gasteiger partial charge in [-0.1, -0.05) is 6.07 Å². The third-order valence-electron chi connectivity index (χ3n) is 5.56. The van der Waals surface area contributed by atoms with E-state index in [1.54, 1.807) is 6.20 Å². The maximum absolute atomic E-state index is 6.33. The maximum Gasteiger partial charge on any atom is 0.246 e. The molecule has 0 aliphatic carbocycles. The molecule has 2 aromatic carbocycles. The summed E-state index contributed by atoms with van der Waals surface area (Å²) in [6.45, 7) is 5.69. The van der Waals surface area contributed by atoms with E-state index in [0.717, 1.165) is 45.1 Å². The smallest absolute Gasteiger partial charge is 0.246 e. The maximum atomic E-state index is 6.33. The van der Waals surface area contributed by atoms with E-state index in [1.165, 1.54) is 0 Å². The van der Waals surface area contributed by atoms with Crippen LogP contribution in [0.15, 0.2) is 48.8 Å². The Balaban J connectivity index is 1.42. The molecule has 4 aromatic rings. The first-order chi connectivity index (χ1) is 16.1. The van der Waals surface area contributed by atoms with E-state index in [0.29, 0.717) is 37.3 Å². The van der Waals surface area contributed by atoms with Crippen molar-refractivity contribution in [2.45, 2.75) is 20.4 Å². The summed E-state index contributed by atoms with van der Waals surface area (Å²) in [6.07, 6.45) is 3.60. The number of aromatic amines is 1. The SMILES string of the molecule is Cc1cc(-c2nc(Nc3ccc4c(c3)OCCO4)n[nH]2)c(NCc2cccnc2)c(C)c1N. The minimum absolute atomic E-state index is 0.451. The molecule has 0 atom stereocenters. The van der Waals surface area contributed by atoms with Crippen LogP contribution in [-0.4, -0.2) is 33.4 Å². The second-order valence-electron chi connectivity index (χ2n) is 7.86. The number of nitrogens with two attached hydrogens (primary N) is 1. The average molecular weight is 444 g/mol. The van der Waals surface area contributed by atoms with Crippen molar-refractivity contribution < 1.29 is 9.47 Å². The highest BCUT2D eigenvalue weighted by atomic mass is 16.6. The van der Waals surface area contributed by atoms with Crippen molar-refractivity contribution >= 4 is 23.0 Å². The van der Waals surface area contributed by atoms with Crippen molar-refractivity contribution in [2.75, 3.05) is 29.6 Å². The van der Waals surface area contributed by atoms with Gasteiger partial charge in [0.1, 0.15) is 13.2 Å². The summed E-state index contributed by atoms with van der Waals surface area (Å²) in [5, 5.41) is 14.1. The number of nitrogens with zero attached hydrogens (tertiary/aromatic N) is 3. The molecular weight excluding hydrogens is 418 g/mol. The molecule has 33 heavy (non-hydrogen) atoms. The minimum Gasteiger partial charge on any atom is -0.486 e. The zero-order chi connectivity index (χ0) is 22.8. The monoisotopic (exact) mass is 443 g/mol. The lowest BCUT2D eigenvalue weighted by Crippen LogP contribution is -2.15. The van der Waals surface area contributed by atoms with E-state index in [1.807, 2.05) is 56.4 Å². The van der Waals surface area contributed by atoms with Crippen LogP contribution in [0.25, 0.3) is 11.4 Å². The van der Waals surface area contributed by atoms with Gasteiger partial charge in [0.15, 0.2) is 17.3 Å². The van der Waals surface area contributed by atoms with Crippen LogP contribution >= 0.6 is 0 Å². The quantitative estimate of drug-likeness (QED) is 0.327. The third kappa shape index (κ3) is 4.25. The van der Waals surface area contributed by atoms with E-state index >= 15 is 0 Å². The third-order valence-corrected chi connectivity index (χ3v) is 5.56. The first-order valence-corrected chi connectivity index (χ1v) is 10.7. The van der Waals surface area contributed by atoms with E-state index < -0.39 is 0 Å². The molecule has 0 radical (unpaired) electrons. The first kappa shape index (κ1) is 20.6. The molecule has 5 N–H and O–H groups in total. The number of hydrogen-bond acceptors (Lipinski definition) is 8. The van der Waals surface area contributed by atoms with E-state index in [4.69, 9.17) is 15.2 Å². The first-order valence-electron chi connectivity index (χ1n) is 10.7. The predicted octanol–water partition coefficient (Wildman–Crippen LogP) is 4.19. The number of H-pyrrole nitrogens is 1. The summed E-state index contributed by atoms with van der Waals surface area (Å²) in [4.78, 5) is 8.86. The second-order valence-corrected chi connectivity index (χ2v) is 7.86. The number of rotatable bonds is 6. The fourth-order valence-electron chi connectivity index (χ4n) is 3.79. The number of fused-ring (bicyclic) bond motifs is 1. The van der Waals surface area contributed by atoms with Crippen molar-refractivity contribution in [2.24, 2.45) is 0 Å². The van der Waals surface area contributed by atoms with Gasteiger partial charge in [0.05, 0.1) is 5.69 Å². The van der Waals surface area contributed by atoms with Crippen LogP contribution in [0.3, 0.4) is 0 Å². The van der Waals surface area contributed by atoms with Crippen LogP contribution in [-0.2, 0) is 6.54 Å². The highest BCUT2D eigenvalue weighted by Gasteiger charge is 2.17. The second kappa shape index (κ2) is 8.70. The molecule has 2 aromatic heterocycles. The van der Waals surface area contributed by atoms with E-state index in [2.05, 4.69) is 30.8 Å². The van der Waals surface area contributed by atoms with Crippen molar-refractivity contribution in [1.29, 1.82) is 0 Å². The average Bonchev–Trinajstić information content (AvgIpc) is 3.30. The van der Waals surface area contributed by atoms with Crippen molar-refractivity contribution in [1.82, 2.24) is 20.2 Å². The van der Waals surface area contributed by atoms with Crippen LogP contribution in [0.1, 0.15) is 16.7 Å². The van der Waals surface area contributed by atoms with Crippen molar-refractivity contribution in [3.05, 3.63) is 65.5 Å². The standard InChI is InChI=1S/C24H25N7O2/c1-14-10-18(22(15(2)21(14)25)27-13-16-4-3-7-26-12-16)23-29-24(31-30-23)28-17-5-6-19-20(11-17)33-9-8-32-19/h3-7,10-12,27H,8-9,13,25H2,1-2H3,(H2,28,29,30,31). The number of aryl methyl sites for hydroxylation is 1. The molecule has 0 bridgehead atoms.